The van der Waals surface area contributed by atoms with Crippen LogP contribution in [0.4, 0.5) is 5.69 Å². The number of hydrogen-bond donors (Lipinski definition) is 4. The predicted molar refractivity (Wildman–Crippen MR) is 68.8 cm³/mol. The molecule has 1 fully saturated rings. The molecule has 3 heterocycles. The minimum absolute atomic E-state index is 0.153. The molecule has 2 aliphatic rings. The van der Waals surface area contributed by atoms with Crippen LogP contribution < -0.4 is 10.9 Å². The number of nitrogens with zero attached hydrogens (tertiary/aromatic N) is 2. The average molecular weight is 264 g/mol. The second kappa shape index (κ2) is 4.52. The van der Waals surface area contributed by atoms with Gasteiger partial charge < -0.3 is 20.5 Å². The lowest BCUT2D eigenvalue weighted by molar-refractivity contribution is 0.0267. The van der Waals surface area contributed by atoms with Gasteiger partial charge in [-0.25, -0.2) is 4.98 Å². The van der Waals surface area contributed by atoms with Crippen LogP contribution in [0, 0.1) is 0 Å². The molecule has 3 rings (SSSR count). The molecule has 2 aliphatic heterocycles. The van der Waals surface area contributed by atoms with Crippen LogP contribution in [0.25, 0.3) is 0 Å². The number of hydrogen-bond acceptors (Lipinski definition) is 6. The highest BCUT2D eigenvalue weighted by atomic mass is 16.3. The summed E-state index contributed by atoms with van der Waals surface area (Å²) in [7, 11) is 0. The Morgan fingerprint density at radius 1 is 1.37 bits per heavy atom. The zero-order valence-corrected chi connectivity index (χ0v) is 10.4. The predicted octanol–water partition coefficient (Wildman–Crippen LogP) is -0.958. The van der Waals surface area contributed by atoms with Gasteiger partial charge in [0.25, 0.3) is 5.56 Å². The quantitative estimate of drug-likeness (QED) is 0.550. The molecule has 0 radical (unpaired) electrons. The molecule has 4 N–H and O–H groups in total. The standard InChI is InChI=1S/C12H16N4O3/c1-2-6-10(17)11(18)8(16-6)5-3-13-9-7(5)14-4-15-12(9)19/h3-6,8,10-11,16-18H,2H2,1H3,(H,14,15,19)/t5?,6-,8+,10-,11+/m1/s1. The second-order valence-corrected chi connectivity index (χ2v) is 4.96. The molecule has 1 aromatic rings. The van der Waals surface area contributed by atoms with Crippen molar-refractivity contribution in [1.29, 1.82) is 0 Å². The summed E-state index contributed by atoms with van der Waals surface area (Å²) in [5.41, 5.74) is 0.545. The maximum absolute atomic E-state index is 11.6. The maximum atomic E-state index is 11.6. The van der Waals surface area contributed by atoms with E-state index in [1.54, 1.807) is 6.21 Å². The zero-order chi connectivity index (χ0) is 13.6. The molecule has 0 spiro atoms. The van der Waals surface area contributed by atoms with Crippen molar-refractivity contribution in [2.45, 2.75) is 43.6 Å². The van der Waals surface area contributed by atoms with E-state index in [0.717, 1.165) is 0 Å². The summed E-state index contributed by atoms with van der Waals surface area (Å²) >= 11 is 0. The number of fused-ring (bicyclic) bond motifs is 1. The lowest BCUT2D eigenvalue weighted by Crippen LogP contribution is -2.39. The van der Waals surface area contributed by atoms with Gasteiger partial charge in [0.1, 0.15) is 5.69 Å². The van der Waals surface area contributed by atoms with Gasteiger partial charge in [0, 0.05) is 18.3 Å². The first kappa shape index (κ1) is 12.5. The number of rotatable bonds is 2. The molecular formula is C12H16N4O3. The smallest absolute Gasteiger partial charge is 0.276 e. The number of H-pyrrole nitrogens is 1. The molecule has 7 nitrogen and oxygen atoms in total. The fraction of sp³-hybridized carbons (Fsp3) is 0.583. The van der Waals surface area contributed by atoms with Gasteiger partial charge in [0.15, 0.2) is 0 Å². The van der Waals surface area contributed by atoms with E-state index in [4.69, 9.17) is 0 Å². The summed E-state index contributed by atoms with van der Waals surface area (Å²) in [4.78, 5) is 22.3. The highest BCUT2D eigenvalue weighted by Gasteiger charge is 2.45. The van der Waals surface area contributed by atoms with E-state index in [-0.39, 0.29) is 29.2 Å². The van der Waals surface area contributed by atoms with E-state index in [0.29, 0.717) is 12.1 Å². The molecule has 1 saturated heterocycles. The van der Waals surface area contributed by atoms with Gasteiger partial charge in [0.05, 0.1) is 30.1 Å². The fourth-order valence-corrected chi connectivity index (χ4v) is 2.83. The van der Waals surface area contributed by atoms with Gasteiger partial charge in [-0.2, -0.15) is 0 Å². The van der Waals surface area contributed by atoms with Gasteiger partial charge in [-0.15, -0.1) is 0 Å². The van der Waals surface area contributed by atoms with E-state index in [9.17, 15) is 15.0 Å². The summed E-state index contributed by atoms with van der Waals surface area (Å²) in [6.07, 6.45) is 1.95. The minimum Gasteiger partial charge on any atom is -0.389 e. The highest BCUT2D eigenvalue weighted by molar-refractivity contribution is 5.80. The number of aromatic nitrogens is 2. The Bertz CT molecular complexity index is 570. The Balaban J connectivity index is 1.93. The number of nitrogens with one attached hydrogen (secondary N) is 2. The molecule has 1 aromatic heterocycles. The van der Waals surface area contributed by atoms with Crippen LogP contribution in [0.5, 0.6) is 0 Å². The van der Waals surface area contributed by atoms with Crippen LogP contribution in [0.1, 0.15) is 25.0 Å². The molecule has 7 heteroatoms. The molecule has 1 unspecified atom stereocenters. The van der Waals surface area contributed by atoms with Crippen LogP contribution >= 0.6 is 0 Å². The molecule has 0 aliphatic carbocycles. The Morgan fingerprint density at radius 2 is 2.16 bits per heavy atom. The Labute approximate surface area is 109 Å². The van der Waals surface area contributed by atoms with Crippen LogP contribution in [0.15, 0.2) is 16.1 Å². The molecule has 102 valence electrons. The number of aliphatic hydroxyl groups is 2. The second-order valence-electron chi connectivity index (χ2n) is 4.96. The summed E-state index contributed by atoms with van der Waals surface area (Å²) < 4.78 is 0. The normalized spacial score (nSPS) is 36.7. The van der Waals surface area contributed by atoms with E-state index in [1.165, 1.54) is 6.33 Å². The SMILES string of the molecule is CC[C@H]1N[C@@H](C2C=Nc3c2nc[nH]c3=O)[C@H](O)[C@@H]1O. The van der Waals surface area contributed by atoms with Crippen molar-refractivity contribution < 1.29 is 10.2 Å². The minimum atomic E-state index is -0.895. The van der Waals surface area contributed by atoms with E-state index in [1.807, 2.05) is 6.92 Å². The van der Waals surface area contributed by atoms with Gasteiger partial charge in [-0.05, 0) is 6.42 Å². The zero-order valence-electron chi connectivity index (χ0n) is 10.4. The van der Waals surface area contributed by atoms with Gasteiger partial charge in [-0.1, -0.05) is 6.92 Å². The third-order valence-electron chi connectivity index (χ3n) is 3.90. The lowest BCUT2D eigenvalue weighted by Gasteiger charge is -2.20. The highest BCUT2D eigenvalue weighted by Crippen LogP contribution is 2.33. The van der Waals surface area contributed by atoms with Crippen LogP contribution in [0.2, 0.25) is 0 Å². The topological polar surface area (TPSA) is 111 Å². The van der Waals surface area contributed by atoms with Crippen molar-refractivity contribution in [3.05, 3.63) is 22.4 Å². The van der Waals surface area contributed by atoms with E-state index in [2.05, 4.69) is 20.3 Å². The van der Waals surface area contributed by atoms with Crippen LogP contribution in [-0.2, 0) is 0 Å². The van der Waals surface area contributed by atoms with Crippen molar-refractivity contribution >= 4 is 11.9 Å². The molecule has 0 saturated carbocycles. The average Bonchev–Trinajstić information content (AvgIpc) is 2.94. The van der Waals surface area contributed by atoms with Gasteiger partial charge in [0.2, 0.25) is 0 Å². The largest absolute Gasteiger partial charge is 0.389 e. The Morgan fingerprint density at radius 3 is 2.84 bits per heavy atom. The fourth-order valence-electron chi connectivity index (χ4n) is 2.83. The first-order valence-electron chi connectivity index (χ1n) is 6.37. The maximum Gasteiger partial charge on any atom is 0.276 e. The van der Waals surface area contributed by atoms with Crippen molar-refractivity contribution in [2.24, 2.45) is 4.99 Å². The Kier molecular flexibility index (Phi) is 2.96. The van der Waals surface area contributed by atoms with E-state index >= 15 is 0 Å². The summed E-state index contributed by atoms with van der Waals surface area (Å²) in [6.45, 7) is 1.94. The number of aromatic amines is 1. The molecule has 0 bridgehead atoms. The van der Waals surface area contributed by atoms with Gasteiger partial charge >= 0.3 is 0 Å². The molecular weight excluding hydrogens is 248 g/mol. The number of aliphatic imine (C=N–C) groups is 1. The van der Waals surface area contributed by atoms with Crippen molar-refractivity contribution in [3.8, 4) is 0 Å². The van der Waals surface area contributed by atoms with Crippen LogP contribution in [0.3, 0.4) is 0 Å². The molecule has 0 amide bonds. The summed E-state index contributed by atoms with van der Waals surface area (Å²) in [6, 6.07) is -0.529. The molecule has 0 aromatic carbocycles. The van der Waals surface area contributed by atoms with Crippen LogP contribution in [-0.4, -0.2) is 50.7 Å². The van der Waals surface area contributed by atoms with Gasteiger partial charge in [-0.3, -0.25) is 9.79 Å². The first-order valence-corrected chi connectivity index (χ1v) is 6.37. The first-order chi connectivity index (χ1) is 9.13. The molecule has 19 heavy (non-hydrogen) atoms. The van der Waals surface area contributed by atoms with Crippen molar-refractivity contribution in [1.82, 2.24) is 15.3 Å². The Hall–Kier alpha value is -1.57. The summed E-state index contributed by atoms with van der Waals surface area (Å²) in [5.74, 6) is -0.293. The third kappa shape index (κ3) is 1.81. The monoisotopic (exact) mass is 264 g/mol. The van der Waals surface area contributed by atoms with E-state index < -0.39 is 12.2 Å². The van der Waals surface area contributed by atoms with Crippen molar-refractivity contribution in [2.75, 3.05) is 0 Å². The number of aliphatic hydroxyl groups excluding tert-OH is 2. The summed E-state index contributed by atoms with van der Waals surface area (Å²) in [5, 5.41) is 23.3. The third-order valence-corrected chi connectivity index (χ3v) is 3.90. The lowest BCUT2D eigenvalue weighted by atomic mass is 9.94. The van der Waals surface area contributed by atoms with Crippen molar-refractivity contribution in [3.63, 3.8) is 0 Å². The molecule has 5 atom stereocenters.